The van der Waals surface area contributed by atoms with Gasteiger partial charge in [-0.1, -0.05) is 18.2 Å². The molecule has 0 fully saturated rings. The Kier molecular flexibility index (Phi) is 8.47. The first-order valence-corrected chi connectivity index (χ1v) is 9.30. The second kappa shape index (κ2) is 10.1. The topological polar surface area (TPSA) is 75.7 Å². The van der Waals surface area contributed by atoms with Gasteiger partial charge in [-0.05, 0) is 59.5 Å². The van der Waals surface area contributed by atoms with Crippen LogP contribution < -0.4 is 5.32 Å². The number of allylic oxidation sites excluding steroid dienone is 4. The van der Waals surface area contributed by atoms with Crippen LogP contribution in [-0.2, 0) is 14.3 Å². The molecular weight excluding hydrogens is 344 g/mol. The molecule has 6 nitrogen and oxygen atoms in total. The summed E-state index contributed by atoms with van der Waals surface area (Å²) in [6, 6.07) is 0. The van der Waals surface area contributed by atoms with Crippen LogP contribution in [0.1, 0.15) is 53.9 Å². The molecule has 0 saturated heterocycles. The maximum absolute atomic E-state index is 12.5. The highest BCUT2D eigenvalue weighted by Crippen LogP contribution is 2.21. The van der Waals surface area contributed by atoms with E-state index in [1.54, 1.807) is 33.8 Å². The van der Waals surface area contributed by atoms with Crippen molar-refractivity contribution < 1.29 is 19.1 Å². The number of amides is 2. The first-order valence-electron chi connectivity index (χ1n) is 9.30. The van der Waals surface area contributed by atoms with Gasteiger partial charge in [0.2, 0.25) is 5.91 Å². The van der Waals surface area contributed by atoms with E-state index in [0.717, 1.165) is 11.3 Å². The van der Waals surface area contributed by atoms with E-state index in [-0.39, 0.29) is 24.2 Å². The number of ether oxygens (including phenoxy) is 1. The van der Waals surface area contributed by atoms with Crippen LogP contribution >= 0.6 is 0 Å². The third-order valence-corrected chi connectivity index (χ3v) is 4.16. The molecule has 2 amide bonds. The van der Waals surface area contributed by atoms with Crippen LogP contribution in [0.15, 0.2) is 36.1 Å². The smallest absolute Gasteiger partial charge is 0.410 e. The number of nitrogens with one attached hydrogen (secondary N) is 1. The van der Waals surface area contributed by atoms with Gasteiger partial charge in [-0.2, -0.15) is 0 Å². The summed E-state index contributed by atoms with van der Waals surface area (Å²) in [6.07, 6.45) is 6.75. The maximum Gasteiger partial charge on any atom is 0.410 e. The summed E-state index contributed by atoms with van der Waals surface area (Å²) >= 11 is 0. The lowest BCUT2D eigenvalue weighted by Crippen LogP contribution is -2.43. The van der Waals surface area contributed by atoms with Crippen LogP contribution in [0.2, 0.25) is 0 Å². The third kappa shape index (κ3) is 8.24. The van der Waals surface area contributed by atoms with E-state index in [1.165, 1.54) is 4.90 Å². The van der Waals surface area contributed by atoms with Crippen molar-refractivity contribution >= 4 is 17.8 Å². The molecule has 0 aromatic carbocycles. The van der Waals surface area contributed by atoms with Gasteiger partial charge in [0.05, 0.1) is 0 Å². The Balaban J connectivity index is 2.75. The predicted molar refractivity (Wildman–Crippen MR) is 106 cm³/mol. The normalized spacial score (nSPS) is 17.1. The van der Waals surface area contributed by atoms with Gasteiger partial charge in [0.1, 0.15) is 17.9 Å². The fourth-order valence-corrected chi connectivity index (χ4v) is 2.64. The summed E-state index contributed by atoms with van der Waals surface area (Å²) in [5.41, 5.74) is 1.07. The SMILES string of the molecule is C=CCCN(CC(=O)NC1=C(C)C=CC(C(C)=O)CC1)C(=O)OC(C)(C)C. The number of ketones is 1. The van der Waals surface area contributed by atoms with Crippen molar-refractivity contribution in [3.63, 3.8) is 0 Å². The zero-order valence-corrected chi connectivity index (χ0v) is 17.1. The molecule has 1 atom stereocenters. The lowest BCUT2D eigenvalue weighted by molar-refractivity contribution is -0.121. The van der Waals surface area contributed by atoms with Crippen molar-refractivity contribution in [2.24, 2.45) is 5.92 Å². The number of hydrogen-bond donors (Lipinski definition) is 1. The molecule has 0 heterocycles. The minimum Gasteiger partial charge on any atom is -0.444 e. The molecule has 1 unspecified atom stereocenters. The lowest BCUT2D eigenvalue weighted by Gasteiger charge is -2.27. The van der Waals surface area contributed by atoms with Gasteiger partial charge < -0.3 is 10.1 Å². The molecular formula is C21H32N2O4. The number of carbonyl (C=O) groups is 3. The first kappa shape index (κ1) is 22.7. The van der Waals surface area contributed by atoms with Gasteiger partial charge in [-0.3, -0.25) is 14.5 Å². The molecule has 0 spiro atoms. The highest BCUT2D eigenvalue weighted by Gasteiger charge is 2.24. The van der Waals surface area contributed by atoms with E-state index < -0.39 is 11.7 Å². The van der Waals surface area contributed by atoms with Crippen molar-refractivity contribution in [1.29, 1.82) is 0 Å². The van der Waals surface area contributed by atoms with Crippen LogP contribution in [0.5, 0.6) is 0 Å². The average Bonchev–Trinajstić information content (AvgIpc) is 2.72. The van der Waals surface area contributed by atoms with Gasteiger partial charge in [-0.15, -0.1) is 6.58 Å². The molecule has 1 N–H and O–H groups in total. The van der Waals surface area contributed by atoms with Gasteiger partial charge in [0, 0.05) is 18.2 Å². The molecule has 150 valence electrons. The Labute approximate surface area is 162 Å². The molecule has 0 bridgehead atoms. The first-order chi connectivity index (χ1) is 12.5. The summed E-state index contributed by atoms with van der Waals surface area (Å²) in [6.45, 7) is 12.8. The molecule has 27 heavy (non-hydrogen) atoms. The molecule has 0 saturated carbocycles. The summed E-state index contributed by atoms with van der Waals surface area (Å²) in [4.78, 5) is 37.9. The highest BCUT2D eigenvalue weighted by molar-refractivity contribution is 5.84. The van der Waals surface area contributed by atoms with Gasteiger partial charge in [0.25, 0.3) is 0 Å². The molecule has 0 aliphatic heterocycles. The van der Waals surface area contributed by atoms with E-state index >= 15 is 0 Å². The number of carbonyl (C=O) groups excluding carboxylic acids is 3. The molecule has 1 rings (SSSR count). The van der Waals surface area contributed by atoms with Crippen LogP contribution in [0.25, 0.3) is 0 Å². The lowest BCUT2D eigenvalue weighted by atomic mass is 9.99. The van der Waals surface area contributed by atoms with E-state index in [4.69, 9.17) is 4.74 Å². The average molecular weight is 376 g/mol. The van der Waals surface area contributed by atoms with Crippen molar-refractivity contribution in [3.8, 4) is 0 Å². The summed E-state index contributed by atoms with van der Waals surface area (Å²) in [7, 11) is 0. The maximum atomic E-state index is 12.5. The van der Waals surface area contributed by atoms with Crippen LogP contribution in [-0.4, -0.2) is 41.4 Å². The Morgan fingerprint density at radius 2 is 2.04 bits per heavy atom. The van der Waals surface area contributed by atoms with Crippen molar-refractivity contribution in [2.45, 2.75) is 59.5 Å². The fraction of sp³-hybridized carbons (Fsp3) is 0.571. The van der Waals surface area contributed by atoms with Crippen molar-refractivity contribution in [3.05, 3.63) is 36.1 Å². The summed E-state index contributed by atoms with van der Waals surface area (Å²) < 4.78 is 5.38. The van der Waals surface area contributed by atoms with Crippen molar-refractivity contribution in [1.82, 2.24) is 10.2 Å². The number of hydrogen-bond acceptors (Lipinski definition) is 4. The Morgan fingerprint density at radius 3 is 2.59 bits per heavy atom. The number of nitrogens with zero attached hydrogens (tertiary/aromatic N) is 1. The molecule has 0 aromatic rings. The van der Waals surface area contributed by atoms with Crippen LogP contribution in [0, 0.1) is 5.92 Å². The third-order valence-electron chi connectivity index (χ3n) is 4.16. The van der Waals surface area contributed by atoms with Gasteiger partial charge >= 0.3 is 6.09 Å². The number of rotatable bonds is 7. The monoisotopic (exact) mass is 376 g/mol. The molecule has 1 aliphatic rings. The molecule has 1 aliphatic carbocycles. The Morgan fingerprint density at radius 1 is 1.37 bits per heavy atom. The predicted octanol–water partition coefficient (Wildman–Crippen LogP) is 3.75. The Hall–Kier alpha value is -2.37. The standard InChI is InChI=1S/C21H32N2O4/c1-7-8-13-23(20(26)27-21(4,5)6)14-19(25)22-18-12-11-17(16(3)24)10-9-15(18)2/h7,9-10,17H,1,8,11-14H2,2-6H3,(H,22,25). The largest absolute Gasteiger partial charge is 0.444 e. The minimum absolute atomic E-state index is 0.0978. The van der Waals surface area contributed by atoms with E-state index in [0.29, 0.717) is 25.8 Å². The molecule has 0 radical (unpaired) electrons. The fourth-order valence-electron chi connectivity index (χ4n) is 2.64. The summed E-state index contributed by atoms with van der Waals surface area (Å²) in [5.74, 6) is -0.290. The van der Waals surface area contributed by atoms with E-state index in [2.05, 4.69) is 11.9 Å². The second-order valence-electron chi connectivity index (χ2n) is 7.80. The van der Waals surface area contributed by atoms with Gasteiger partial charge in [0.15, 0.2) is 0 Å². The number of Topliss-reactive ketones (excluding diaryl/α,β-unsaturated/α-hetero) is 1. The second-order valence-corrected chi connectivity index (χ2v) is 7.80. The quantitative estimate of drug-likeness (QED) is 0.687. The Bertz CT molecular complexity index is 641. The van der Waals surface area contributed by atoms with Gasteiger partial charge in [-0.25, -0.2) is 4.79 Å². The zero-order valence-electron chi connectivity index (χ0n) is 17.1. The minimum atomic E-state index is -0.632. The zero-order chi connectivity index (χ0) is 20.6. The molecule has 0 aromatic heterocycles. The van der Waals surface area contributed by atoms with Crippen molar-refractivity contribution in [2.75, 3.05) is 13.1 Å². The molecule has 6 heteroatoms. The van der Waals surface area contributed by atoms with E-state index in [1.807, 2.05) is 19.1 Å². The van der Waals surface area contributed by atoms with E-state index in [9.17, 15) is 14.4 Å². The van der Waals surface area contributed by atoms with Crippen LogP contribution in [0.4, 0.5) is 4.79 Å². The van der Waals surface area contributed by atoms with Crippen LogP contribution in [0.3, 0.4) is 0 Å². The highest BCUT2D eigenvalue weighted by atomic mass is 16.6. The summed E-state index contributed by atoms with van der Waals surface area (Å²) in [5, 5.41) is 2.90.